The van der Waals surface area contributed by atoms with Crippen molar-refractivity contribution in [1.29, 1.82) is 0 Å². The Kier molecular flexibility index (Phi) is 7.21. The van der Waals surface area contributed by atoms with Crippen LogP contribution >= 0.6 is 11.8 Å². The van der Waals surface area contributed by atoms with Crippen LogP contribution in [0.4, 0.5) is 0 Å². The Morgan fingerprint density at radius 1 is 1.41 bits per heavy atom. The molecule has 0 bridgehead atoms. The molecule has 0 aliphatic carbocycles. The van der Waals surface area contributed by atoms with Crippen molar-refractivity contribution in [3.05, 3.63) is 0 Å². The van der Waals surface area contributed by atoms with E-state index in [1.165, 1.54) is 18.7 Å². The monoisotopic (exact) mass is 283 g/mol. The lowest BCUT2D eigenvalue weighted by atomic mass is 10.3. The Morgan fingerprint density at radius 3 is 2.41 bits per heavy atom. The van der Waals surface area contributed by atoms with Crippen molar-refractivity contribution < 1.29 is 23.1 Å². The minimum atomic E-state index is -3.02. The van der Waals surface area contributed by atoms with Gasteiger partial charge in [0, 0.05) is 24.2 Å². The number of carbonyl (C=O) groups is 2. The summed E-state index contributed by atoms with van der Waals surface area (Å²) >= 11 is 1.20. The van der Waals surface area contributed by atoms with E-state index in [9.17, 15) is 18.0 Å². The van der Waals surface area contributed by atoms with E-state index in [0.717, 1.165) is 0 Å². The maximum absolute atomic E-state index is 11.2. The van der Waals surface area contributed by atoms with Crippen LogP contribution in [0.3, 0.4) is 0 Å². The average Bonchev–Trinajstić information content (AvgIpc) is 2.21. The van der Waals surface area contributed by atoms with Crippen LogP contribution in [0.25, 0.3) is 0 Å². The Hall–Kier alpha value is -0.760. The maximum Gasteiger partial charge on any atom is 0.327 e. The fourth-order valence-electron chi connectivity index (χ4n) is 0.951. The highest BCUT2D eigenvalue weighted by molar-refractivity contribution is 8.00. The Bertz CT molecular complexity index is 366. The number of thioether (sulfide) groups is 1. The summed E-state index contributed by atoms with van der Waals surface area (Å²) in [6.07, 6.45) is 0. The Balaban J connectivity index is 3.99. The topological polar surface area (TPSA) is 101 Å². The van der Waals surface area contributed by atoms with Crippen molar-refractivity contribution >= 4 is 33.5 Å². The van der Waals surface area contributed by atoms with Crippen molar-refractivity contribution in [3.63, 3.8) is 0 Å². The summed E-state index contributed by atoms with van der Waals surface area (Å²) in [5.41, 5.74) is 0. The van der Waals surface area contributed by atoms with Crippen LogP contribution in [0, 0.1) is 0 Å². The molecule has 0 saturated heterocycles. The van der Waals surface area contributed by atoms with Crippen molar-refractivity contribution in [2.45, 2.75) is 19.9 Å². The summed E-state index contributed by atoms with van der Waals surface area (Å²) in [5.74, 6) is -0.930. The summed E-state index contributed by atoms with van der Waals surface area (Å²) in [4.78, 5) is 21.5. The summed E-state index contributed by atoms with van der Waals surface area (Å²) in [6.45, 7) is 2.81. The van der Waals surface area contributed by atoms with Crippen LogP contribution < -0.4 is 5.32 Å². The molecular formula is C9H17NO5S2. The quantitative estimate of drug-likeness (QED) is 0.595. The number of carboxylic acids is 1. The van der Waals surface area contributed by atoms with Gasteiger partial charge in [-0.15, -0.1) is 0 Å². The van der Waals surface area contributed by atoms with Crippen molar-refractivity contribution in [3.8, 4) is 0 Å². The van der Waals surface area contributed by atoms with Gasteiger partial charge in [-0.2, -0.15) is 11.8 Å². The van der Waals surface area contributed by atoms with E-state index < -0.39 is 27.8 Å². The Labute approximate surface area is 105 Å². The molecule has 0 aliphatic heterocycles. The van der Waals surface area contributed by atoms with Gasteiger partial charge in [0.1, 0.15) is 6.04 Å². The highest BCUT2D eigenvalue weighted by Crippen LogP contribution is 2.05. The maximum atomic E-state index is 11.2. The molecule has 1 atom stereocenters. The predicted octanol–water partition coefficient (Wildman–Crippen LogP) is -0.256. The first-order valence-corrected chi connectivity index (χ1v) is 8.04. The van der Waals surface area contributed by atoms with Gasteiger partial charge >= 0.3 is 5.97 Å². The summed E-state index contributed by atoms with van der Waals surface area (Å²) in [5, 5.41) is 11.1. The molecule has 0 saturated carbocycles. The third-order valence-corrected chi connectivity index (χ3v) is 4.96. The first kappa shape index (κ1) is 16.2. The summed E-state index contributed by atoms with van der Waals surface area (Å²) in [6, 6.07) is -0.971. The van der Waals surface area contributed by atoms with Crippen LogP contribution in [0.2, 0.25) is 0 Å². The molecule has 6 nitrogen and oxygen atoms in total. The van der Waals surface area contributed by atoms with Gasteiger partial charge in [-0.3, -0.25) is 4.79 Å². The lowest BCUT2D eigenvalue weighted by molar-refractivity contribution is -0.140. The van der Waals surface area contributed by atoms with E-state index in [2.05, 4.69) is 5.32 Å². The van der Waals surface area contributed by atoms with Crippen molar-refractivity contribution in [1.82, 2.24) is 5.32 Å². The SMILES string of the molecule is CCS(=O)(=O)CCSC[C@H](NC(C)=O)C(=O)O. The molecule has 0 aromatic rings. The van der Waals surface area contributed by atoms with Crippen molar-refractivity contribution in [2.24, 2.45) is 0 Å². The van der Waals surface area contributed by atoms with Gasteiger partial charge in [0.2, 0.25) is 5.91 Å². The standard InChI is InChI=1S/C9H17NO5S2/c1-3-17(14,15)5-4-16-6-8(9(12)13)10-7(2)11/h8H,3-6H2,1-2H3,(H,10,11)(H,12,13)/t8-/m0/s1. The second kappa shape index (κ2) is 7.54. The molecule has 17 heavy (non-hydrogen) atoms. The molecule has 2 N–H and O–H groups in total. The number of sulfone groups is 1. The lowest BCUT2D eigenvalue weighted by Gasteiger charge is -2.12. The van der Waals surface area contributed by atoms with E-state index in [4.69, 9.17) is 5.11 Å². The normalized spacial score (nSPS) is 13.1. The van der Waals surface area contributed by atoms with Crippen molar-refractivity contribution in [2.75, 3.05) is 23.0 Å². The minimum absolute atomic E-state index is 0.0284. The second-order valence-corrected chi connectivity index (χ2v) is 7.03. The second-order valence-electron chi connectivity index (χ2n) is 3.40. The van der Waals surface area contributed by atoms with Gasteiger partial charge in [0.05, 0.1) is 5.75 Å². The molecule has 0 spiro atoms. The molecule has 1 amide bonds. The lowest BCUT2D eigenvalue weighted by Crippen LogP contribution is -2.41. The number of rotatable bonds is 8. The molecule has 0 fully saturated rings. The van der Waals surface area contributed by atoms with E-state index in [0.29, 0.717) is 5.75 Å². The molecule has 100 valence electrons. The van der Waals surface area contributed by atoms with Gasteiger partial charge in [-0.05, 0) is 0 Å². The molecular weight excluding hydrogens is 266 g/mol. The number of amides is 1. The molecule has 0 unspecified atom stereocenters. The van der Waals surface area contributed by atoms with E-state index in [-0.39, 0.29) is 17.3 Å². The van der Waals surface area contributed by atoms with E-state index in [1.54, 1.807) is 6.92 Å². The van der Waals surface area contributed by atoms with E-state index >= 15 is 0 Å². The van der Waals surface area contributed by atoms with Crippen LogP contribution in [0.1, 0.15) is 13.8 Å². The van der Waals surface area contributed by atoms with Gasteiger partial charge in [0.15, 0.2) is 9.84 Å². The van der Waals surface area contributed by atoms with Crippen LogP contribution in [-0.2, 0) is 19.4 Å². The number of aliphatic carboxylic acids is 1. The Morgan fingerprint density at radius 2 is 2.00 bits per heavy atom. The first-order valence-electron chi connectivity index (χ1n) is 5.06. The van der Waals surface area contributed by atoms with Gasteiger partial charge in [-0.1, -0.05) is 6.92 Å². The minimum Gasteiger partial charge on any atom is -0.480 e. The molecule has 0 aromatic heterocycles. The third-order valence-electron chi connectivity index (χ3n) is 1.94. The molecule has 0 heterocycles. The molecule has 0 radical (unpaired) electrons. The molecule has 0 aliphatic rings. The summed E-state index contributed by atoms with van der Waals surface area (Å²) in [7, 11) is -3.02. The van der Waals surface area contributed by atoms with Gasteiger partial charge in [0.25, 0.3) is 0 Å². The largest absolute Gasteiger partial charge is 0.480 e. The van der Waals surface area contributed by atoms with E-state index in [1.807, 2.05) is 0 Å². The molecule has 0 rings (SSSR count). The smallest absolute Gasteiger partial charge is 0.327 e. The van der Waals surface area contributed by atoms with Gasteiger partial charge in [-0.25, -0.2) is 13.2 Å². The number of hydrogen-bond acceptors (Lipinski definition) is 5. The highest BCUT2D eigenvalue weighted by atomic mass is 32.2. The number of hydrogen-bond donors (Lipinski definition) is 2. The summed E-state index contributed by atoms with van der Waals surface area (Å²) < 4.78 is 22.3. The zero-order valence-electron chi connectivity index (χ0n) is 9.80. The molecule has 0 aromatic carbocycles. The van der Waals surface area contributed by atoms with Gasteiger partial charge < -0.3 is 10.4 Å². The van der Waals surface area contributed by atoms with Crippen LogP contribution in [0.5, 0.6) is 0 Å². The number of nitrogens with one attached hydrogen (secondary N) is 1. The average molecular weight is 283 g/mol. The fourth-order valence-corrected chi connectivity index (χ4v) is 3.36. The third kappa shape index (κ3) is 8.03. The zero-order valence-corrected chi connectivity index (χ0v) is 11.4. The number of carbonyl (C=O) groups excluding carboxylic acids is 1. The fraction of sp³-hybridized carbons (Fsp3) is 0.778. The van der Waals surface area contributed by atoms with Crippen LogP contribution in [0.15, 0.2) is 0 Å². The van der Waals surface area contributed by atoms with Crippen LogP contribution in [-0.4, -0.2) is 54.5 Å². The molecule has 8 heteroatoms. The zero-order chi connectivity index (χ0) is 13.5. The number of carboxylic acid groups (broad SMARTS) is 1. The first-order chi connectivity index (χ1) is 7.78. The highest BCUT2D eigenvalue weighted by Gasteiger charge is 2.18. The predicted molar refractivity (Wildman–Crippen MR) is 66.9 cm³/mol.